The third-order valence-corrected chi connectivity index (χ3v) is 4.45. The SMILES string of the molecule is O=C(NCc1cccc(Br)c1)c1csc(I)c1. The molecular formula is C12H9BrINOS. The number of rotatable bonds is 3. The van der Waals surface area contributed by atoms with Crippen LogP contribution < -0.4 is 5.32 Å². The summed E-state index contributed by atoms with van der Waals surface area (Å²) < 4.78 is 2.14. The van der Waals surface area contributed by atoms with Gasteiger partial charge in [-0.05, 0) is 46.4 Å². The van der Waals surface area contributed by atoms with Crippen molar-refractivity contribution in [1.29, 1.82) is 0 Å². The molecule has 2 aromatic rings. The summed E-state index contributed by atoms with van der Waals surface area (Å²) in [6, 6.07) is 9.80. The molecule has 2 rings (SSSR count). The zero-order valence-corrected chi connectivity index (χ0v) is 13.3. The van der Waals surface area contributed by atoms with E-state index >= 15 is 0 Å². The molecule has 1 aromatic carbocycles. The number of thiophene rings is 1. The van der Waals surface area contributed by atoms with E-state index in [0.29, 0.717) is 6.54 Å². The van der Waals surface area contributed by atoms with Crippen molar-refractivity contribution in [2.24, 2.45) is 0 Å². The normalized spacial score (nSPS) is 10.2. The Bertz CT molecular complexity index is 541. The van der Waals surface area contributed by atoms with Crippen molar-refractivity contribution >= 4 is 55.8 Å². The van der Waals surface area contributed by atoms with E-state index in [1.807, 2.05) is 35.7 Å². The van der Waals surface area contributed by atoms with E-state index in [-0.39, 0.29) is 5.91 Å². The highest BCUT2D eigenvalue weighted by Gasteiger charge is 2.07. The Morgan fingerprint density at radius 2 is 2.24 bits per heavy atom. The van der Waals surface area contributed by atoms with Crippen LogP contribution in [0.15, 0.2) is 40.2 Å². The summed E-state index contributed by atoms with van der Waals surface area (Å²) in [7, 11) is 0. The smallest absolute Gasteiger partial charge is 0.252 e. The Hall–Kier alpha value is -0.400. The van der Waals surface area contributed by atoms with Gasteiger partial charge in [0.25, 0.3) is 5.91 Å². The molecule has 0 aliphatic rings. The van der Waals surface area contributed by atoms with Crippen molar-refractivity contribution in [1.82, 2.24) is 5.32 Å². The van der Waals surface area contributed by atoms with Gasteiger partial charge in [-0.3, -0.25) is 4.79 Å². The van der Waals surface area contributed by atoms with Gasteiger partial charge in [0.15, 0.2) is 0 Å². The number of hydrogen-bond donors (Lipinski definition) is 1. The van der Waals surface area contributed by atoms with Crippen LogP contribution in [0.3, 0.4) is 0 Å². The molecule has 17 heavy (non-hydrogen) atoms. The molecule has 0 saturated carbocycles. The largest absolute Gasteiger partial charge is 0.348 e. The fraction of sp³-hybridized carbons (Fsp3) is 0.0833. The van der Waals surface area contributed by atoms with Gasteiger partial charge in [0.1, 0.15) is 0 Å². The number of carbonyl (C=O) groups excluding carboxylic acids is 1. The first-order valence-corrected chi connectivity index (χ1v) is 7.67. The minimum atomic E-state index is -0.0239. The Morgan fingerprint density at radius 3 is 2.88 bits per heavy atom. The Balaban J connectivity index is 1.97. The quantitative estimate of drug-likeness (QED) is 0.744. The maximum absolute atomic E-state index is 11.8. The molecule has 1 aromatic heterocycles. The fourth-order valence-electron chi connectivity index (χ4n) is 1.36. The summed E-state index contributed by atoms with van der Waals surface area (Å²) in [5.74, 6) is -0.0239. The van der Waals surface area contributed by atoms with Crippen LogP contribution in [0.25, 0.3) is 0 Å². The molecule has 1 amide bonds. The molecule has 1 N–H and O–H groups in total. The number of amides is 1. The first-order chi connectivity index (χ1) is 8.15. The minimum absolute atomic E-state index is 0.0239. The topological polar surface area (TPSA) is 29.1 Å². The summed E-state index contributed by atoms with van der Waals surface area (Å²) in [5, 5.41) is 4.77. The van der Waals surface area contributed by atoms with Crippen LogP contribution in [-0.4, -0.2) is 5.91 Å². The molecular weight excluding hydrogens is 413 g/mol. The fourth-order valence-corrected chi connectivity index (χ4v) is 3.13. The van der Waals surface area contributed by atoms with E-state index in [4.69, 9.17) is 0 Å². The van der Waals surface area contributed by atoms with Crippen molar-refractivity contribution in [3.05, 3.63) is 54.2 Å². The van der Waals surface area contributed by atoms with Gasteiger partial charge < -0.3 is 5.32 Å². The Labute approximate surface area is 126 Å². The van der Waals surface area contributed by atoms with Crippen molar-refractivity contribution in [3.8, 4) is 0 Å². The second-order valence-electron chi connectivity index (χ2n) is 3.45. The number of halogens is 2. The predicted octanol–water partition coefficient (Wildman–Crippen LogP) is 4.05. The highest BCUT2D eigenvalue weighted by Crippen LogP contribution is 2.16. The summed E-state index contributed by atoms with van der Waals surface area (Å²) in [5.41, 5.74) is 1.81. The molecule has 1 heterocycles. The summed E-state index contributed by atoms with van der Waals surface area (Å²) in [6.07, 6.45) is 0. The first-order valence-electron chi connectivity index (χ1n) is 4.92. The van der Waals surface area contributed by atoms with Crippen LogP contribution in [0.1, 0.15) is 15.9 Å². The molecule has 0 radical (unpaired) electrons. The highest BCUT2D eigenvalue weighted by atomic mass is 127. The standard InChI is InChI=1S/C12H9BrINOS/c13-10-3-1-2-8(4-10)6-15-12(16)9-5-11(14)17-7-9/h1-5,7H,6H2,(H,15,16). The van der Waals surface area contributed by atoms with Crippen LogP contribution in [0, 0.1) is 2.88 Å². The maximum atomic E-state index is 11.8. The predicted molar refractivity (Wildman–Crippen MR) is 82.3 cm³/mol. The van der Waals surface area contributed by atoms with Gasteiger partial charge in [-0.15, -0.1) is 11.3 Å². The van der Waals surface area contributed by atoms with Crippen LogP contribution in [0.2, 0.25) is 0 Å². The van der Waals surface area contributed by atoms with E-state index in [9.17, 15) is 4.79 Å². The second kappa shape index (κ2) is 5.97. The van der Waals surface area contributed by atoms with Gasteiger partial charge in [0.05, 0.1) is 8.45 Å². The molecule has 88 valence electrons. The van der Waals surface area contributed by atoms with Crippen LogP contribution in [-0.2, 0) is 6.54 Å². The minimum Gasteiger partial charge on any atom is -0.348 e. The average Bonchev–Trinajstić information content (AvgIpc) is 2.73. The maximum Gasteiger partial charge on any atom is 0.252 e. The number of benzene rings is 1. The molecule has 0 atom stereocenters. The zero-order chi connectivity index (χ0) is 12.3. The lowest BCUT2D eigenvalue weighted by molar-refractivity contribution is 0.0951. The van der Waals surface area contributed by atoms with Crippen LogP contribution >= 0.6 is 49.9 Å². The van der Waals surface area contributed by atoms with Crippen molar-refractivity contribution in [2.75, 3.05) is 0 Å². The van der Waals surface area contributed by atoms with Gasteiger partial charge in [0.2, 0.25) is 0 Å². The number of hydrogen-bond acceptors (Lipinski definition) is 2. The third-order valence-electron chi connectivity index (χ3n) is 2.17. The molecule has 0 aliphatic carbocycles. The van der Waals surface area contributed by atoms with Gasteiger partial charge in [-0.25, -0.2) is 0 Å². The van der Waals surface area contributed by atoms with Crippen molar-refractivity contribution in [3.63, 3.8) is 0 Å². The third kappa shape index (κ3) is 3.79. The second-order valence-corrected chi connectivity index (χ2v) is 7.17. The van der Waals surface area contributed by atoms with Crippen molar-refractivity contribution < 1.29 is 4.79 Å². The highest BCUT2D eigenvalue weighted by molar-refractivity contribution is 14.1. The lowest BCUT2D eigenvalue weighted by Gasteiger charge is -2.04. The van der Waals surface area contributed by atoms with Gasteiger partial charge in [-0.1, -0.05) is 28.1 Å². The lowest BCUT2D eigenvalue weighted by atomic mass is 10.2. The van der Waals surface area contributed by atoms with E-state index in [1.165, 1.54) is 0 Å². The lowest BCUT2D eigenvalue weighted by Crippen LogP contribution is -2.22. The number of nitrogens with one attached hydrogen (secondary N) is 1. The van der Waals surface area contributed by atoms with E-state index in [0.717, 1.165) is 18.5 Å². The average molecular weight is 422 g/mol. The Morgan fingerprint density at radius 1 is 1.41 bits per heavy atom. The zero-order valence-electron chi connectivity index (χ0n) is 8.74. The molecule has 0 saturated heterocycles. The van der Waals surface area contributed by atoms with Gasteiger partial charge >= 0.3 is 0 Å². The van der Waals surface area contributed by atoms with E-state index < -0.39 is 0 Å². The van der Waals surface area contributed by atoms with E-state index in [1.54, 1.807) is 11.3 Å². The molecule has 0 spiro atoms. The molecule has 2 nitrogen and oxygen atoms in total. The molecule has 0 bridgehead atoms. The molecule has 0 aliphatic heterocycles. The molecule has 5 heteroatoms. The van der Waals surface area contributed by atoms with Crippen LogP contribution in [0.5, 0.6) is 0 Å². The van der Waals surface area contributed by atoms with Crippen LogP contribution in [0.4, 0.5) is 0 Å². The monoisotopic (exact) mass is 421 g/mol. The summed E-state index contributed by atoms with van der Waals surface area (Å²) in [4.78, 5) is 11.8. The van der Waals surface area contributed by atoms with E-state index in [2.05, 4.69) is 43.8 Å². The van der Waals surface area contributed by atoms with Gasteiger partial charge in [0, 0.05) is 16.4 Å². The summed E-state index contributed by atoms with van der Waals surface area (Å²) >= 11 is 7.19. The van der Waals surface area contributed by atoms with Crippen molar-refractivity contribution in [2.45, 2.75) is 6.54 Å². The Kier molecular flexibility index (Phi) is 4.58. The summed E-state index contributed by atoms with van der Waals surface area (Å²) in [6.45, 7) is 0.546. The molecule has 0 fully saturated rings. The molecule has 0 unspecified atom stereocenters. The first kappa shape index (κ1) is 13.0. The van der Waals surface area contributed by atoms with Gasteiger partial charge in [-0.2, -0.15) is 0 Å². The number of carbonyl (C=O) groups is 1.